The summed E-state index contributed by atoms with van der Waals surface area (Å²) < 4.78 is 2.03. The summed E-state index contributed by atoms with van der Waals surface area (Å²) in [5.74, 6) is 1.40. The zero-order chi connectivity index (χ0) is 18.6. The fourth-order valence-electron chi connectivity index (χ4n) is 6.34. The van der Waals surface area contributed by atoms with Crippen LogP contribution < -0.4 is 5.32 Å². The Labute approximate surface area is 156 Å². The first-order valence-electron chi connectivity index (χ1n) is 10.1. The molecule has 1 aromatic heterocycles. The van der Waals surface area contributed by atoms with E-state index in [9.17, 15) is 9.90 Å². The molecule has 4 saturated carbocycles. The lowest BCUT2D eigenvalue weighted by Gasteiger charge is -2.60. The van der Waals surface area contributed by atoms with Gasteiger partial charge in [0.05, 0.1) is 18.0 Å². The summed E-state index contributed by atoms with van der Waals surface area (Å²) in [6.07, 6.45) is 12.3. The highest BCUT2D eigenvalue weighted by molar-refractivity contribution is 5.77. The van der Waals surface area contributed by atoms with Crippen molar-refractivity contribution in [1.82, 2.24) is 14.9 Å². The molecule has 1 amide bonds. The molecule has 26 heavy (non-hydrogen) atoms. The smallest absolute Gasteiger partial charge is 0.220 e. The molecule has 4 aliphatic carbocycles. The van der Waals surface area contributed by atoms with Gasteiger partial charge in [-0.15, -0.1) is 0 Å². The van der Waals surface area contributed by atoms with Crippen LogP contribution in [0.3, 0.4) is 0 Å². The van der Waals surface area contributed by atoms with E-state index in [-0.39, 0.29) is 22.8 Å². The molecule has 0 spiro atoms. The minimum atomic E-state index is -0.495. The van der Waals surface area contributed by atoms with Crippen molar-refractivity contribution < 1.29 is 9.90 Å². The fraction of sp³-hybridized carbons (Fsp3) is 0.810. The highest BCUT2D eigenvalue weighted by Crippen LogP contribution is 2.62. The third-order valence-corrected chi connectivity index (χ3v) is 7.02. The normalized spacial score (nSPS) is 36.9. The van der Waals surface area contributed by atoms with E-state index in [1.54, 1.807) is 12.5 Å². The third-order valence-electron chi connectivity index (χ3n) is 7.02. The summed E-state index contributed by atoms with van der Waals surface area (Å²) in [5.41, 5.74) is -0.495. The zero-order valence-electron chi connectivity index (χ0n) is 16.4. The van der Waals surface area contributed by atoms with E-state index in [4.69, 9.17) is 0 Å². The molecular formula is C21H33N3O2. The first-order chi connectivity index (χ1) is 12.1. The first kappa shape index (κ1) is 18.0. The van der Waals surface area contributed by atoms with Gasteiger partial charge in [-0.2, -0.15) is 0 Å². The minimum absolute atomic E-state index is 0.0281. The van der Waals surface area contributed by atoms with E-state index in [0.29, 0.717) is 18.3 Å². The van der Waals surface area contributed by atoms with Gasteiger partial charge in [-0.1, -0.05) is 20.8 Å². The van der Waals surface area contributed by atoms with Gasteiger partial charge in [-0.3, -0.25) is 4.79 Å². The molecule has 0 aromatic carbocycles. The van der Waals surface area contributed by atoms with E-state index in [1.807, 2.05) is 10.8 Å². The van der Waals surface area contributed by atoms with Crippen molar-refractivity contribution in [3.63, 3.8) is 0 Å². The van der Waals surface area contributed by atoms with Gasteiger partial charge in [0, 0.05) is 25.4 Å². The second-order valence-electron chi connectivity index (χ2n) is 10.6. The van der Waals surface area contributed by atoms with Crippen LogP contribution in [0, 0.1) is 22.7 Å². The molecule has 5 rings (SSSR count). The molecule has 4 fully saturated rings. The number of nitrogens with one attached hydrogen (secondary N) is 1. The average molecular weight is 360 g/mol. The molecule has 1 heterocycles. The molecule has 4 bridgehead atoms. The number of hydrogen-bond acceptors (Lipinski definition) is 3. The highest BCUT2D eigenvalue weighted by atomic mass is 16.3. The van der Waals surface area contributed by atoms with Gasteiger partial charge in [0.1, 0.15) is 0 Å². The number of carbonyl (C=O) groups is 1. The summed E-state index contributed by atoms with van der Waals surface area (Å²) in [6, 6.07) is 0.0567. The second-order valence-corrected chi connectivity index (χ2v) is 10.6. The van der Waals surface area contributed by atoms with Gasteiger partial charge < -0.3 is 15.0 Å². The van der Waals surface area contributed by atoms with Crippen LogP contribution in [0.4, 0.5) is 0 Å². The number of aliphatic hydroxyl groups is 1. The monoisotopic (exact) mass is 359 g/mol. The zero-order valence-corrected chi connectivity index (χ0v) is 16.4. The molecule has 0 aliphatic heterocycles. The Morgan fingerprint density at radius 1 is 1.31 bits per heavy atom. The summed E-state index contributed by atoms with van der Waals surface area (Å²) in [4.78, 5) is 17.1. The van der Waals surface area contributed by atoms with Crippen LogP contribution in [0.5, 0.6) is 0 Å². The lowest BCUT2D eigenvalue weighted by atomic mass is 9.47. The fourth-order valence-corrected chi connectivity index (χ4v) is 6.34. The second kappa shape index (κ2) is 6.08. The summed E-state index contributed by atoms with van der Waals surface area (Å²) in [6.45, 7) is 7.24. The maximum atomic E-state index is 13.0. The molecular weight excluding hydrogens is 326 g/mol. The standard InChI is InChI=1S/C21H33N3O2/c1-19(2,3)17(12-24-5-4-22-14-24)23-18(25)11-20-7-15-6-16(8-20)10-21(26,9-15)13-20/h4-5,14-17,26H,6-13H2,1-3H3,(H,23,25)/t15-,16-,17+,20?,21?/m0/s1. The van der Waals surface area contributed by atoms with Crippen molar-refractivity contribution in [3.8, 4) is 0 Å². The molecule has 0 radical (unpaired) electrons. The number of carbonyl (C=O) groups excluding carboxylic acids is 1. The van der Waals surface area contributed by atoms with Gasteiger partial charge in [0.15, 0.2) is 0 Å². The molecule has 1 aromatic rings. The average Bonchev–Trinajstić information content (AvgIpc) is 2.95. The van der Waals surface area contributed by atoms with E-state index in [2.05, 4.69) is 31.1 Å². The number of amides is 1. The minimum Gasteiger partial charge on any atom is -0.390 e. The van der Waals surface area contributed by atoms with Gasteiger partial charge in [-0.05, 0) is 61.2 Å². The quantitative estimate of drug-likeness (QED) is 0.849. The largest absolute Gasteiger partial charge is 0.390 e. The Kier molecular flexibility index (Phi) is 4.22. The number of aromatic nitrogens is 2. The molecule has 0 unspecified atom stereocenters. The van der Waals surface area contributed by atoms with Crippen molar-refractivity contribution in [2.45, 2.75) is 83.9 Å². The van der Waals surface area contributed by atoms with Crippen LogP contribution in [-0.4, -0.2) is 32.2 Å². The van der Waals surface area contributed by atoms with Crippen molar-refractivity contribution in [1.29, 1.82) is 0 Å². The molecule has 0 saturated heterocycles. The highest BCUT2D eigenvalue weighted by Gasteiger charge is 2.57. The van der Waals surface area contributed by atoms with E-state index in [1.165, 1.54) is 6.42 Å². The molecule has 2 N–H and O–H groups in total. The Morgan fingerprint density at radius 3 is 2.54 bits per heavy atom. The summed E-state index contributed by atoms with van der Waals surface area (Å²) in [7, 11) is 0. The Balaban J connectivity index is 1.44. The van der Waals surface area contributed by atoms with E-state index in [0.717, 1.165) is 38.6 Å². The Morgan fingerprint density at radius 2 is 2.00 bits per heavy atom. The molecule has 144 valence electrons. The Hall–Kier alpha value is -1.36. The number of rotatable bonds is 5. The lowest BCUT2D eigenvalue weighted by Crippen LogP contribution is -2.57. The molecule has 5 heteroatoms. The third kappa shape index (κ3) is 3.55. The van der Waals surface area contributed by atoms with Gasteiger partial charge in [0.2, 0.25) is 5.91 Å². The van der Waals surface area contributed by atoms with Crippen molar-refractivity contribution in [2.24, 2.45) is 22.7 Å². The van der Waals surface area contributed by atoms with E-state index < -0.39 is 5.60 Å². The molecule has 5 nitrogen and oxygen atoms in total. The van der Waals surface area contributed by atoms with Crippen LogP contribution in [0.2, 0.25) is 0 Å². The topological polar surface area (TPSA) is 67.2 Å². The van der Waals surface area contributed by atoms with Crippen LogP contribution in [0.15, 0.2) is 18.7 Å². The Bertz CT molecular complexity index is 647. The molecule has 3 atom stereocenters. The number of imidazole rings is 1. The number of nitrogens with zero attached hydrogens (tertiary/aromatic N) is 2. The first-order valence-corrected chi connectivity index (χ1v) is 10.1. The lowest BCUT2D eigenvalue weighted by molar-refractivity contribution is -0.169. The van der Waals surface area contributed by atoms with Crippen LogP contribution in [-0.2, 0) is 11.3 Å². The maximum Gasteiger partial charge on any atom is 0.220 e. The van der Waals surface area contributed by atoms with Crippen molar-refractivity contribution in [2.75, 3.05) is 0 Å². The van der Waals surface area contributed by atoms with Crippen LogP contribution in [0.1, 0.15) is 65.7 Å². The maximum absolute atomic E-state index is 13.0. The predicted molar refractivity (Wildman–Crippen MR) is 100 cm³/mol. The van der Waals surface area contributed by atoms with Crippen LogP contribution in [0.25, 0.3) is 0 Å². The van der Waals surface area contributed by atoms with Gasteiger partial charge in [-0.25, -0.2) is 4.98 Å². The van der Waals surface area contributed by atoms with Crippen LogP contribution >= 0.6 is 0 Å². The summed E-state index contributed by atoms with van der Waals surface area (Å²) >= 11 is 0. The van der Waals surface area contributed by atoms with Gasteiger partial charge in [0.25, 0.3) is 0 Å². The van der Waals surface area contributed by atoms with Gasteiger partial charge >= 0.3 is 0 Å². The summed E-state index contributed by atoms with van der Waals surface area (Å²) in [5, 5.41) is 14.2. The number of hydrogen-bond donors (Lipinski definition) is 2. The van der Waals surface area contributed by atoms with Crippen molar-refractivity contribution in [3.05, 3.63) is 18.7 Å². The van der Waals surface area contributed by atoms with Crippen molar-refractivity contribution >= 4 is 5.91 Å². The predicted octanol–water partition coefficient (Wildman–Crippen LogP) is 3.14. The molecule has 4 aliphatic rings. The van der Waals surface area contributed by atoms with E-state index >= 15 is 0 Å². The SMILES string of the molecule is CC(C)(C)[C@@H](Cn1ccnc1)NC(=O)CC12C[C@@H]3C[C@H](CC(O)(C3)C1)C2.